The standard InChI is InChI=1S/C23H26N6O/c1-3-16-6-8-17(9-7-16)18-14-21(30)24-23-22(18)15(2)27-29(23)20-11-10-19(25-26-20)28-12-4-5-13-28/h6-11,18H,3-5,12-14H2,1-2H3,(H,24,30)/t18-/m0/s1. The molecule has 0 aliphatic carbocycles. The molecule has 0 spiro atoms. The Morgan fingerprint density at radius 1 is 1.03 bits per heavy atom. The Kier molecular flexibility index (Phi) is 4.73. The Hall–Kier alpha value is -3.22. The third-order valence-electron chi connectivity index (χ3n) is 6.18. The summed E-state index contributed by atoms with van der Waals surface area (Å²) in [4.78, 5) is 14.8. The third kappa shape index (κ3) is 3.24. The van der Waals surface area contributed by atoms with Crippen LogP contribution in [0.1, 0.15) is 54.5 Å². The molecule has 1 saturated heterocycles. The molecule has 1 aromatic carbocycles. The van der Waals surface area contributed by atoms with Gasteiger partial charge in [-0.05, 0) is 49.4 Å². The van der Waals surface area contributed by atoms with Crippen LogP contribution in [0, 0.1) is 6.92 Å². The molecule has 0 radical (unpaired) electrons. The summed E-state index contributed by atoms with van der Waals surface area (Å²) in [6.07, 6.45) is 3.81. The zero-order chi connectivity index (χ0) is 20.7. The van der Waals surface area contributed by atoms with Gasteiger partial charge in [-0.1, -0.05) is 31.2 Å². The average Bonchev–Trinajstić information content (AvgIpc) is 3.42. The van der Waals surface area contributed by atoms with Crippen molar-refractivity contribution in [3.05, 3.63) is 58.8 Å². The van der Waals surface area contributed by atoms with Crippen LogP contribution in [0.25, 0.3) is 5.82 Å². The van der Waals surface area contributed by atoms with Crippen LogP contribution in [0.3, 0.4) is 0 Å². The lowest BCUT2D eigenvalue weighted by Gasteiger charge is -2.24. The number of hydrogen-bond donors (Lipinski definition) is 1. The molecule has 2 aliphatic heterocycles. The number of rotatable bonds is 4. The summed E-state index contributed by atoms with van der Waals surface area (Å²) in [6.45, 7) is 6.19. The van der Waals surface area contributed by atoms with Crippen molar-refractivity contribution in [3.63, 3.8) is 0 Å². The van der Waals surface area contributed by atoms with E-state index < -0.39 is 0 Å². The predicted octanol–water partition coefficient (Wildman–Crippen LogP) is 3.61. The van der Waals surface area contributed by atoms with E-state index in [4.69, 9.17) is 5.10 Å². The highest BCUT2D eigenvalue weighted by molar-refractivity contribution is 5.95. The number of hydrogen-bond acceptors (Lipinski definition) is 5. The summed E-state index contributed by atoms with van der Waals surface area (Å²) in [5.41, 5.74) is 4.39. The molecule has 2 aliphatic rings. The molecule has 1 amide bonds. The zero-order valence-corrected chi connectivity index (χ0v) is 17.4. The van der Waals surface area contributed by atoms with Gasteiger partial charge in [0.1, 0.15) is 5.82 Å². The van der Waals surface area contributed by atoms with Crippen molar-refractivity contribution in [2.24, 2.45) is 0 Å². The molecule has 0 bridgehead atoms. The molecular formula is C23H26N6O. The lowest BCUT2D eigenvalue weighted by Crippen LogP contribution is -2.25. The van der Waals surface area contributed by atoms with Crippen LogP contribution in [0.15, 0.2) is 36.4 Å². The van der Waals surface area contributed by atoms with Crippen LogP contribution in [0.5, 0.6) is 0 Å². The van der Waals surface area contributed by atoms with Gasteiger partial charge >= 0.3 is 0 Å². The van der Waals surface area contributed by atoms with Gasteiger partial charge in [0, 0.05) is 31.0 Å². The molecule has 4 heterocycles. The van der Waals surface area contributed by atoms with Crippen molar-refractivity contribution in [3.8, 4) is 5.82 Å². The SMILES string of the molecule is CCc1ccc([C@@H]2CC(=O)Nc3c2c(C)nn3-c2ccc(N3CCCC3)nn2)cc1. The molecule has 3 aromatic rings. The van der Waals surface area contributed by atoms with Crippen LogP contribution in [0.2, 0.25) is 0 Å². The van der Waals surface area contributed by atoms with Gasteiger partial charge in [-0.2, -0.15) is 9.78 Å². The van der Waals surface area contributed by atoms with E-state index >= 15 is 0 Å². The van der Waals surface area contributed by atoms with Crippen molar-refractivity contribution >= 4 is 17.5 Å². The van der Waals surface area contributed by atoms with Crippen LogP contribution in [0.4, 0.5) is 11.6 Å². The topological polar surface area (TPSA) is 75.9 Å². The predicted molar refractivity (Wildman–Crippen MR) is 116 cm³/mol. The Bertz CT molecular complexity index is 1060. The Balaban J connectivity index is 1.52. The smallest absolute Gasteiger partial charge is 0.226 e. The van der Waals surface area contributed by atoms with Gasteiger partial charge in [-0.3, -0.25) is 4.79 Å². The normalized spacial score (nSPS) is 18.4. The van der Waals surface area contributed by atoms with E-state index in [2.05, 4.69) is 51.6 Å². The monoisotopic (exact) mass is 402 g/mol. The van der Waals surface area contributed by atoms with Gasteiger partial charge in [-0.15, -0.1) is 10.2 Å². The maximum Gasteiger partial charge on any atom is 0.226 e. The molecular weight excluding hydrogens is 376 g/mol. The summed E-state index contributed by atoms with van der Waals surface area (Å²) < 4.78 is 1.72. The molecule has 154 valence electrons. The van der Waals surface area contributed by atoms with E-state index in [9.17, 15) is 4.79 Å². The Morgan fingerprint density at radius 2 is 1.73 bits per heavy atom. The third-order valence-corrected chi connectivity index (χ3v) is 6.18. The maximum absolute atomic E-state index is 12.6. The number of aromatic nitrogens is 4. The summed E-state index contributed by atoms with van der Waals surface area (Å²) in [7, 11) is 0. The highest BCUT2D eigenvalue weighted by Gasteiger charge is 2.33. The van der Waals surface area contributed by atoms with Crippen LogP contribution < -0.4 is 10.2 Å². The zero-order valence-electron chi connectivity index (χ0n) is 17.4. The van der Waals surface area contributed by atoms with Crippen LogP contribution in [-0.4, -0.2) is 39.0 Å². The van der Waals surface area contributed by atoms with E-state index in [1.807, 2.05) is 19.1 Å². The number of nitrogens with one attached hydrogen (secondary N) is 1. The largest absolute Gasteiger partial charge is 0.355 e. The minimum atomic E-state index is -0.00904. The Morgan fingerprint density at radius 3 is 2.40 bits per heavy atom. The fourth-order valence-electron chi connectivity index (χ4n) is 4.53. The number of amides is 1. The van der Waals surface area contributed by atoms with E-state index in [0.29, 0.717) is 18.1 Å². The number of nitrogens with zero attached hydrogens (tertiary/aromatic N) is 5. The average molecular weight is 403 g/mol. The van der Waals surface area contributed by atoms with Gasteiger partial charge in [0.15, 0.2) is 11.6 Å². The summed E-state index contributed by atoms with van der Waals surface area (Å²) >= 11 is 0. The van der Waals surface area contributed by atoms with Crippen molar-refractivity contribution < 1.29 is 4.79 Å². The van der Waals surface area contributed by atoms with Crippen LogP contribution in [-0.2, 0) is 11.2 Å². The molecule has 7 heteroatoms. The first kappa shape index (κ1) is 18.8. The molecule has 0 saturated carbocycles. The minimum absolute atomic E-state index is 0.00476. The first-order valence-corrected chi connectivity index (χ1v) is 10.7. The lowest BCUT2D eigenvalue weighted by atomic mass is 9.85. The van der Waals surface area contributed by atoms with Gasteiger partial charge < -0.3 is 10.2 Å². The fourth-order valence-corrected chi connectivity index (χ4v) is 4.53. The number of carbonyl (C=O) groups excluding carboxylic acids is 1. The number of aryl methyl sites for hydroxylation is 2. The first-order valence-electron chi connectivity index (χ1n) is 10.7. The Labute approximate surface area is 176 Å². The van der Waals surface area contributed by atoms with Crippen molar-refractivity contribution in [2.75, 3.05) is 23.3 Å². The van der Waals surface area contributed by atoms with Crippen molar-refractivity contribution in [1.82, 2.24) is 20.0 Å². The van der Waals surface area contributed by atoms with Gasteiger partial charge in [0.2, 0.25) is 5.91 Å². The van der Waals surface area contributed by atoms with Gasteiger partial charge in [-0.25, -0.2) is 0 Å². The summed E-state index contributed by atoms with van der Waals surface area (Å²) in [6, 6.07) is 12.5. The molecule has 7 nitrogen and oxygen atoms in total. The quantitative estimate of drug-likeness (QED) is 0.722. The number of anilines is 2. The molecule has 1 fully saturated rings. The van der Waals surface area contributed by atoms with Crippen molar-refractivity contribution in [1.29, 1.82) is 0 Å². The lowest BCUT2D eigenvalue weighted by molar-refractivity contribution is -0.116. The molecule has 1 atom stereocenters. The highest BCUT2D eigenvalue weighted by Crippen LogP contribution is 2.40. The second-order valence-corrected chi connectivity index (χ2v) is 8.10. The molecule has 30 heavy (non-hydrogen) atoms. The van der Waals surface area contributed by atoms with Gasteiger partial charge in [0.25, 0.3) is 0 Å². The second-order valence-electron chi connectivity index (χ2n) is 8.10. The molecule has 5 rings (SSSR count). The van der Waals surface area contributed by atoms with Gasteiger partial charge in [0.05, 0.1) is 5.69 Å². The summed E-state index contributed by atoms with van der Waals surface area (Å²) in [5, 5.41) is 16.6. The number of benzene rings is 1. The molecule has 1 N–H and O–H groups in total. The fraction of sp³-hybridized carbons (Fsp3) is 0.391. The second kappa shape index (κ2) is 7.55. The summed E-state index contributed by atoms with van der Waals surface area (Å²) in [5.74, 6) is 2.20. The minimum Gasteiger partial charge on any atom is -0.355 e. The maximum atomic E-state index is 12.6. The van der Waals surface area contributed by atoms with E-state index in [1.54, 1.807) is 4.68 Å². The highest BCUT2D eigenvalue weighted by atomic mass is 16.1. The first-order chi connectivity index (χ1) is 14.6. The number of fused-ring (bicyclic) bond motifs is 1. The van der Waals surface area contributed by atoms with E-state index in [-0.39, 0.29) is 11.8 Å². The number of carbonyl (C=O) groups is 1. The molecule has 0 unspecified atom stereocenters. The van der Waals surface area contributed by atoms with Crippen molar-refractivity contribution in [2.45, 2.75) is 45.4 Å². The molecule has 2 aromatic heterocycles. The van der Waals surface area contributed by atoms with E-state index in [1.165, 1.54) is 18.4 Å². The van der Waals surface area contributed by atoms with Crippen LogP contribution >= 0.6 is 0 Å². The van der Waals surface area contributed by atoms with E-state index in [0.717, 1.165) is 42.1 Å².